The summed E-state index contributed by atoms with van der Waals surface area (Å²) in [6.45, 7) is 0. The first-order valence-electron chi connectivity index (χ1n) is 19.2. The molecule has 0 saturated heterocycles. The molecule has 6 aromatic heterocycles. The molecular formula is C50H30N8. The molecule has 12 rings (SSSR count). The smallest absolute Gasteiger partial charge is 0.165 e. The molecule has 8 heteroatoms. The molecule has 0 fully saturated rings. The summed E-state index contributed by atoms with van der Waals surface area (Å²) in [5, 5.41) is 6.72. The molecule has 0 unspecified atom stereocenters. The van der Waals surface area contributed by atoms with E-state index in [2.05, 4.69) is 130 Å². The fraction of sp³-hybridized carbons (Fsp3) is 0. The lowest BCUT2D eigenvalue weighted by Crippen LogP contribution is -2.03. The number of pyridine rings is 4. The molecule has 8 nitrogen and oxygen atoms in total. The molecule has 0 saturated carbocycles. The van der Waals surface area contributed by atoms with Crippen molar-refractivity contribution in [3.8, 4) is 45.3 Å². The summed E-state index contributed by atoms with van der Waals surface area (Å²) >= 11 is 0. The van der Waals surface area contributed by atoms with Crippen molar-refractivity contribution in [2.75, 3.05) is 0 Å². The summed E-state index contributed by atoms with van der Waals surface area (Å²) in [5.41, 5.74) is 10.6. The van der Waals surface area contributed by atoms with E-state index in [0.717, 1.165) is 100 Å². The molecule has 0 atom stereocenters. The van der Waals surface area contributed by atoms with Crippen molar-refractivity contribution in [1.29, 1.82) is 0 Å². The third-order valence-corrected chi connectivity index (χ3v) is 11.0. The Morgan fingerprint density at radius 2 is 0.776 bits per heavy atom. The van der Waals surface area contributed by atoms with Crippen LogP contribution in [0.25, 0.3) is 111 Å². The van der Waals surface area contributed by atoms with Crippen LogP contribution >= 0.6 is 0 Å². The average molecular weight is 743 g/mol. The van der Waals surface area contributed by atoms with E-state index in [4.69, 9.17) is 29.9 Å². The normalized spacial score (nSPS) is 11.8. The molecule has 6 aromatic carbocycles. The van der Waals surface area contributed by atoms with E-state index in [0.29, 0.717) is 0 Å². The molecule has 0 aliphatic rings. The first kappa shape index (κ1) is 32.2. The SMILES string of the molecule is c1ccc2c(-c3cc(-c4nc5cccnc5n4-c4cccc5cccnc45)cc(-c4nc5cccnc5n4-c4cccc5cccnc45)c3)c3ccccc3cc2c1. The molecule has 12 aromatic rings. The lowest BCUT2D eigenvalue weighted by molar-refractivity contribution is 1.07. The molecule has 0 N–H and O–H groups in total. The van der Waals surface area contributed by atoms with E-state index in [1.165, 1.54) is 10.8 Å². The topological polar surface area (TPSA) is 87.2 Å². The second-order valence-corrected chi connectivity index (χ2v) is 14.4. The lowest BCUT2D eigenvalue weighted by Gasteiger charge is -2.17. The molecule has 0 aliphatic heterocycles. The van der Waals surface area contributed by atoms with Gasteiger partial charge < -0.3 is 0 Å². The van der Waals surface area contributed by atoms with Gasteiger partial charge in [-0.05, 0) is 105 Å². The number of rotatable bonds is 5. The molecule has 0 aliphatic carbocycles. The second-order valence-electron chi connectivity index (χ2n) is 14.4. The molecule has 0 spiro atoms. The number of hydrogen-bond donors (Lipinski definition) is 0. The van der Waals surface area contributed by atoms with Crippen molar-refractivity contribution in [2.24, 2.45) is 0 Å². The maximum atomic E-state index is 5.35. The van der Waals surface area contributed by atoms with E-state index < -0.39 is 0 Å². The van der Waals surface area contributed by atoms with Crippen LogP contribution in [0, 0.1) is 0 Å². The average Bonchev–Trinajstić information content (AvgIpc) is 3.87. The molecule has 0 amide bonds. The zero-order valence-electron chi connectivity index (χ0n) is 30.9. The second kappa shape index (κ2) is 12.7. The Kier molecular flexibility index (Phi) is 7.06. The van der Waals surface area contributed by atoms with E-state index >= 15 is 0 Å². The van der Waals surface area contributed by atoms with Crippen LogP contribution in [0.5, 0.6) is 0 Å². The van der Waals surface area contributed by atoms with Gasteiger partial charge in [-0.3, -0.25) is 19.1 Å². The van der Waals surface area contributed by atoms with Crippen molar-refractivity contribution in [3.05, 3.63) is 183 Å². The van der Waals surface area contributed by atoms with Crippen LogP contribution in [-0.4, -0.2) is 39.0 Å². The summed E-state index contributed by atoms with van der Waals surface area (Å²) in [6, 6.07) is 54.7. The monoisotopic (exact) mass is 742 g/mol. The fourth-order valence-electron chi connectivity index (χ4n) is 8.56. The predicted molar refractivity (Wildman–Crippen MR) is 233 cm³/mol. The Balaban J connectivity index is 1.23. The van der Waals surface area contributed by atoms with Gasteiger partial charge in [-0.1, -0.05) is 84.9 Å². The van der Waals surface area contributed by atoms with Crippen LogP contribution in [0.4, 0.5) is 0 Å². The quantitative estimate of drug-likeness (QED) is 0.163. The van der Waals surface area contributed by atoms with Crippen LogP contribution in [0.3, 0.4) is 0 Å². The number of fused-ring (bicyclic) bond motifs is 6. The minimum atomic E-state index is 0.743. The minimum absolute atomic E-state index is 0.743. The highest BCUT2D eigenvalue weighted by atomic mass is 15.2. The number of hydrogen-bond acceptors (Lipinski definition) is 6. The van der Waals surface area contributed by atoms with Crippen molar-refractivity contribution in [3.63, 3.8) is 0 Å². The van der Waals surface area contributed by atoms with Gasteiger partial charge in [-0.25, -0.2) is 19.9 Å². The van der Waals surface area contributed by atoms with Crippen molar-refractivity contribution in [1.82, 2.24) is 39.0 Å². The first-order valence-corrected chi connectivity index (χ1v) is 19.2. The van der Waals surface area contributed by atoms with Crippen molar-refractivity contribution >= 4 is 65.7 Å². The lowest BCUT2D eigenvalue weighted by atomic mass is 9.90. The Morgan fingerprint density at radius 3 is 1.31 bits per heavy atom. The number of benzene rings is 6. The van der Waals surface area contributed by atoms with Gasteiger partial charge in [0.15, 0.2) is 11.3 Å². The first-order chi connectivity index (χ1) is 28.8. The summed E-state index contributed by atoms with van der Waals surface area (Å²) in [7, 11) is 0. The van der Waals surface area contributed by atoms with E-state index in [-0.39, 0.29) is 0 Å². The summed E-state index contributed by atoms with van der Waals surface area (Å²) in [6.07, 6.45) is 7.31. The van der Waals surface area contributed by atoms with Gasteiger partial charge in [0.1, 0.15) is 22.7 Å². The number of imidazole rings is 2. The third-order valence-electron chi connectivity index (χ3n) is 11.0. The molecule has 6 heterocycles. The van der Waals surface area contributed by atoms with E-state index in [1.54, 1.807) is 0 Å². The van der Waals surface area contributed by atoms with Crippen LogP contribution in [0.15, 0.2) is 183 Å². The van der Waals surface area contributed by atoms with E-state index in [1.807, 2.05) is 61.2 Å². The minimum Gasteiger partial charge on any atom is -0.274 e. The predicted octanol–water partition coefficient (Wildman–Crippen LogP) is 11.6. The Hall–Kier alpha value is -8.10. The van der Waals surface area contributed by atoms with Crippen LogP contribution in [0.1, 0.15) is 0 Å². The Labute approximate surface area is 331 Å². The van der Waals surface area contributed by atoms with Crippen molar-refractivity contribution < 1.29 is 0 Å². The fourth-order valence-corrected chi connectivity index (χ4v) is 8.56. The maximum absolute atomic E-state index is 5.35. The maximum Gasteiger partial charge on any atom is 0.165 e. The Morgan fingerprint density at radius 1 is 0.345 bits per heavy atom. The van der Waals surface area contributed by atoms with Gasteiger partial charge in [-0.15, -0.1) is 0 Å². The highest BCUT2D eigenvalue weighted by Gasteiger charge is 2.23. The Bertz CT molecular complexity index is 3360. The standard InChI is InChI=1S/C50H30N8/c1-3-17-38-33(11-1)27-34-12-2-4-18-39(34)44(38)35-28-36(47-55-40-19-9-25-53-49(40)57(47)42-21-5-13-31-15-7-23-51-45(31)42)30-37(29-35)48-56-41-20-10-26-54-50(41)58(48)43-22-6-14-32-16-8-24-52-46(32)43/h1-30H. The zero-order valence-corrected chi connectivity index (χ0v) is 30.9. The van der Waals surface area contributed by atoms with E-state index in [9.17, 15) is 0 Å². The molecule has 58 heavy (non-hydrogen) atoms. The van der Waals surface area contributed by atoms with Gasteiger partial charge in [0, 0.05) is 46.7 Å². The van der Waals surface area contributed by atoms with Gasteiger partial charge in [0.2, 0.25) is 0 Å². The number of aromatic nitrogens is 8. The summed E-state index contributed by atoms with van der Waals surface area (Å²) < 4.78 is 4.29. The van der Waals surface area contributed by atoms with Crippen LogP contribution in [0.2, 0.25) is 0 Å². The molecular weight excluding hydrogens is 713 g/mol. The number of nitrogens with zero attached hydrogens (tertiary/aromatic N) is 8. The zero-order chi connectivity index (χ0) is 38.2. The highest BCUT2D eigenvalue weighted by molar-refractivity contribution is 6.13. The third kappa shape index (κ3) is 4.95. The largest absolute Gasteiger partial charge is 0.274 e. The molecule has 270 valence electrons. The van der Waals surface area contributed by atoms with Gasteiger partial charge in [-0.2, -0.15) is 0 Å². The van der Waals surface area contributed by atoms with Gasteiger partial charge in [0.05, 0.1) is 22.4 Å². The van der Waals surface area contributed by atoms with Crippen LogP contribution in [-0.2, 0) is 0 Å². The number of para-hydroxylation sites is 2. The molecule has 0 bridgehead atoms. The summed E-state index contributed by atoms with van der Waals surface area (Å²) in [5.74, 6) is 1.49. The van der Waals surface area contributed by atoms with Crippen LogP contribution < -0.4 is 0 Å². The van der Waals surface area contributed by atoms with Gasteiger partial charge in [0.25, 0.3) is 0 Å². The van der Waals surface area contributed by atoms with Gasteiger partial charge >= 0.3 is 0 Å². The molecule has 0 radical (unpaired) electrons. The van der Waals surface area contributed by atoms with Crippen molar-refractivity contribution in [2.45, 2.75) is 0 Å². The highest BCUT2D eigenvalue weighted by Crippen LogP contribution is 2.42. The summed E-state index contributed by atoms with van der Waals surface area (Å²) in [4.78, 5) is 30.2.